The number of hydrogen-bond acceptors (Lipinski definition) is 8. The largest absolute Gasteiger partial charge is 0.419 e. The molecule has 9 nitrogen and oxygen atoms in total. The lowest BCUT2D eigenvalue weighted by Gasteiger charge is -2.20. The molecule has 0 aliphatic heterocycles. The molecule has 3 atom stereocenters. The molecule has 2 aromatic heterocycles. The number of sulfonamides is 1. The average Bonchev–Trinajstić information content (AvgIpc) is 3.29. The Kier molecular flexibility index (Phi) is 6.64. The van der Waals surface area contributed by atoms with Crippen molar-refractivity contribution in [3.63, 3.8) is 0 Å². The van der Waals surface area contributed by atoms with E-state index in [1.165, 1.54) is 17.8 Å². The van der Waals surface area contributed by atoms with Crippen LogP contribution in [-0.4, -0.2) is 42.9 Å². The highest BCUT2D eigenvalue weighted by Gasteiger charge is 2.32. The molecular weight excluding hydrogens is 452 g/mol. The fourth-order valence-corrected chi connectivity index (χ4v) is 4.58. The second kappa shape index (κ2) is 9.34. The second-order valence-corrected chi connectivity index (χ2v) is 11.6. The van der Waals surface area contributed by atoms with Gasteiger partial charge in [-0.25, -0.2) is 13.4 Å². The van der Waals surface area contributed by atoms with E-state index in [-0.39, 0.29) is 17.5 Å². The van der Waals surface area contributed by atoms with Crippen molar-refractivity contribution in [2.45, 2.75) is 39.2 Å². The van der Waals surface area contributed by atoms with E-state index in [0.717, 1.165) is 12.1 Å². The Balaban J connectivity index is 1.64. The first-order chi connectivity index (χ1) is 16.1. The van der Waals surface area contributed by atoms with Crippen LogP contribution in [0.3, 0.4) is 0 Å². The van der Waals surface area contributed by atoms with Gasteiger partial charge in [0.15, 0.2) is 0 Å². The minimum atomic E-state index is -3.49. The van der Waals surface area contributed by atoms with Gasteiger partial charge >= 0.3 is 0 Å². The third kappa shape index (κ3) is 5.39. The Morgan fingerprint density at radius 3 is 2.59 bits per heavy atom. The molecule has 2 unspecified atom stereocenters. The van der Waals surface area contributed by atoms with Gasteiger partial charge in [0.05, 0.1) is 11.3 Å². The molecule has 3 aromatic rings. The third-order valence-electron chi connectivity index (χ3n) is 6.31. The standard InChI is InChI=1S/C24H32N6O3S/c1-5-34(31,32)30(4)21-13-18(12-20(27-21)26-15-19-11-16(19)2)22-28-29-23(33-22)24(3,25)14-17-9-7-6-8-10-17/h6-10,12-13,16,19H,5,11,14-15,25H2,1-4H3,(H,26,27)/t16?,19?,24-/m1/s1. The fraction of sp³-hybridized carbons (Fsp3) is 0.458. The van der Waals surface area contributed by atoms with E-state index >= 15 is 0 Å². The molecular formula is C24H32N6O3S. The molecule has 1 aliphatic rings. The van der Waals surface area contributed by atoms with Gasteiger partial charge in [-0.2, -0.15) is 0 Å². The number of anilines is 2. The zero-order chi connectivity index (χ0) is 24.5. The molecule has 1 fully saturated rings. The molecule has 0 amide bonds. The number of benzene rings is 1. The normalized spacial score (nSPS) is 19.4. The minimum absolute atomic E-state index is 0.0342. The average molecular weight is 485 g/mol. The zero-order valence-corrected chi connectivity index (χ0v) is 20.8. The monoisotopic (exact) mass is 484 g/mol. The summed E-state index contributed by atoms with van der Waals surface area (Å²) in [4.78, 5) is 4.53. The molecule has 0 saturated heterocycles. The predicted molar refractivity (Wildman–Crippen MR) is 133 cm³/mol. The highest BCUT2D eigenvalue weighted by Crippen LogP contribution is 2.38. The van der Waals surface area contributed by atoms with Crippen molar-refractivity contribution in [1.29, 1.82) is 0 Å². The number of nitrogens with one attached hydrogen (secondary N) is 1. The molecule has 1 aliphatic carbocycles. The van der Waals surface area contributed by atoms with Crippen molar-refractivity contribution < 1.29 is 12.8 Å². The molecule has 4 rings (SSSR count). The first-order valence-electron chi connectivity index (χ1n) is 11.5. The minimum Gasteiger partial charge on any atom is -0.419 e. The number of aromatic nitrogens is 3. The summed E-state index contributed by atoms with van der Waals surface area (Å²) in [6, 6.07) is 13.3. The van der Waals surface area contributed by atoms with Crippen molar-refractivity contribution in [3.8, 4) is 11.5 Å². The Morgan fingerprint density at radius 1 is 1.24 bits per heavy atom. The third-order valence-corrected chi connectivity index (χ3v) is 8.06. The molecule has 10 heteroatoms. The number of pyridine rings is 1. The van der Waals surface area contributed by atoms with E-state index in [1.807, 2.05) is 37.3 Å². The smallest absolute Gasteiger partial charge is 0.248 e. The van der Waals surface area contributed by atoms with Gasteiger partial charge in [-0.05, 0) is 56.2 Å². The number of rotatable bonds is 10. The number of hydrogen-bond donors (Lipinski definition) is 2. The summed E-state index contributed by atoms with van der Waals surface area (Å²) in [7, 11) is -2.00. The Labute approximate surface area is 200 Å². The molecule has 2 heterocycles. The SMILES string of the molecule is CCS(=O)(=O)N(C)c1cc(-c2nnc([C@](C)(N)Cc3ccccc3)o2)cc(NCC2CC2C)n1. The van der Waals surface area contributed by atoms with Crippen LogP contribution >= 0.6 is 0 Å². The van der Waals surface area contributed by atoms with Gasteiger partial charge in [-0.15, -0.1) is 10.2 Å². The Morgan fingerprint density at radius 2 is 1.94 bits per heavy atom. The van der Waals surface area contributed by atoms with Crippen LogP contribution in [0.4, 0.5) is 11.6 Å². The van der Waals surface area contributed by atoms with Crippen molar-refractivity contribution >= 4 is 21.7 Å². The molecule has 182 valence electrons. The first kappa shape index (κ1) is 24.2. The van der Waals surface area contributed by atoms with Gasteiger partial charge in [0, 0.05) is 19.2 Å². The quantitative estimate of drug-likeness (QED) is 0.448. The van der Waals surface area contributed by atoms with Crippen LogP contribution in [0.15, 0.2) is 46.9 Å². The van der Waals surface area contributed by atoms with Crippen molar-refractivity contribution in [2.24, 2.45) is 17.6 Å². The predicted octanol–water partition coefficient (Wildman–Crippen LogP) is 3.40. The van der Waals surface area contributed by atoms with Gasteiger partial charge in [-0.1, -0.05) is 37.3 Å². The molecule has 34 heavy (non-hydrogen) atoms. The fourth-order valence-electron chi connectivity index (χ4n) is 3.81. The summed E-state index contributed by atoms with van der Waals surface area (Å²) in [5.41, 5.74) is 7.30. The Bertz CT molecular complexity index is 1240. The number of nitrogens with two attached hydrogens (primary N) is 1. The van der Waals surface area contributed by atoms with Crippen LogP contribution < -0.4 is 15.4 Å². The van der Waals surface area contributed by atoms with Gasteiger partial charge in [0.25, 0.3) is 0 Å². The summed E-state index contributed by atoms with van der Waals surface area (Å²) in [5.74, 6) is 2.65. The summed E-state index contributed by atoms with van der Waals surface area (Å²) in [5, 5.41) is 11.8. The highest BCUT2D eigenvalue weighted by molar-refractivity contribution is 7.92. The van der Waals surface area contributed by atoms with Crippen LogP contribution in [0.25, 0.3) is 11.5 Å². The Hall–Kier alpha value is -2.98. The second-order valence-electron chi connectivity index (χ2n) is 9.31. The molecule has 0 spiro atoms. The van der Waals surface area contributed by atoms with Crippen LogP contribution in [-0.2, 0) is 22.0 Å². The van der Waals surface area contributed by atoms with Gasteiger partial charge in [-0.3, -0.25) is 4.31 Å². The molecule has 0 radical (unpaired) electrons. The summed E-state index contributed by atoms with van der Waals surface area (Å²) < 4.78 is 32.1. The first-order valence-corrected chi connectivity index (χ1v) is 13.1. The van der Waals surface area contributed by atoms with E-state index in [2.05, 4.69) is 27.4 Å². The molecule has 0 bridgehead atoms. The van der Waals surface area contributed by atoms with Crippen LogP contribution in [0.1, 0.15) is 38.6 Å². The maximum absolute atomic E-state index is 12.5. The lowest BCUT2D eigenvalue weighted by Crippen LogP contribution is -2.35. The maximum Gasteiger partial charge on any atom is 0.248 e. The van der Waals surface area contributed by atoms with E-state index < -0.39 is 15.6 Å². The molecule has 3 N–H and O–H groups in total. The van der Waals surface area contributed by atoms with Gasteiger partial charge in [0.1, 0.15) is 11.6 Å². The van der Waals surface area contributed by atoms with E-state index in [4.69, 9.17) is 10.2 Å². The molecule has 1 saturated carbocycles. The van der Waals surface area contributed by atoms with Crippen LogP contribution in [0.2, 0.25) is 0 Å². The lowest BCUT2D eigenvalue weighted by atomic mass is 9.94. The molecule has 1 aromatic carbocycles. The number of nitrogens with zero attached hydrogens (tertiary/aromatic N) is 4. The van der Waals surface area contributed by atoms with Crippen molar-refractivity contribution in [2.75, 3.05) is 29.0 Å². The summed E-state index contributed by atoms with van der Waals surface area (Å²) in [6.07, 6.45) is 1.70. The lowest BCUT2D eigenvalue weighted by molar-refractivity contribution is 0.355. The zero-order valence-electron chi connectivity index (χ0n) is 20.0. The summed E-state index contributed by atoms with van der Waals surface area (Å²) >= 11 is 0. The van der Waals surface area contributed by atoms with E-state index in [1.54, 1.807) is 19.1 Å². The highest BCUT2D eigenvalue weighted by atomic mass is 32.2. The van der Waals surface area contributed by atoms with Crippen molar-refractivity contribution in [3.05, 3.63) is 53.9 Å². The van der Waals surface area contributed by atoms with Gasteiger partial charge in [0.2, 0.25) is 21.8 Å². The summed E-state index contributed by atoms with van der Waals surface area (Å²) in [6.45, 7) is 6.43. The van der Waals surface area contributed by atoms with E-state index in [0.29, 0.717) is 35.5 Å². The van der Waals surface area contributed by atoms with Crippen LogP contribution in [0.5, 0.6) is 0 Å². The van der Waals surface area contributed by atoms with Gasteiger partial charge < -0.3 is 15.5 Å². The maximum atomic E-state index is 12.5. The van der Waals surface area contributed by atoms with Crippen LogP contribution in [0, 0.1) is 11.8 Å². The van der Waals surface area contributed by atoms with E-state index in [9.17, 15) is 8.42 Å². The topological polar surface area (TPSA) is 127 Å². The van der Waals surface area contributed by atoms with Crippen molar-refractivity contribution in [1.82, 2.24) is 15.2 Å².